The molecule has 1 saturated heterocycles. The molecule has 1 unspecified atom stereocenters. The molecule has 1 aliphatic heterocycles. The fourth-order valence-corrected chi connectivity index (χ4v) is 2.33. The van der Waals surface area contributed by atoms with E-state index < -0.39 is 5.97 Å². The first kappa shape index (κ1) is 13.6. The zero-order valence-electron chi connectivity index (χ0n) is 11.1. The number of hydrogen-bond acceptors (Lipinski definition) is 4. The fraction of sp³-hybridized carbons (Fsp3) is 0.615. The molecular formula is C13H18N2O4. The number of carbonyl (C=O) groups is 2. The summed E-state index contributed by atoms with van der Waals surface area (Å²) in [6.45, 7) is 4.50. The highest BCUT2D eigenvalue weighted by atomic mass is 16.5. The van der Waals surface area contributed by atoms with Crippen LogP contribution in [0, 0.1) is 0 Å². The number of nitrogens with zero attached hydrogens (tertiary/aromatic N) is 2. The van der Waals surface area contributed by atoms with Crippen LogP contribution in [0.25, 0.3) is 0 Å². The smallest absolute Gasteiger partial charge is 0.305 e. The minimum absolute atomic E-state index is 0.0133. The molecule has 1 aromatic rings. The number of aliphatic carboxylic acids is 1. The van der Waals surface area contributed by atoms with Crippen molar-refractivity contribution < 1.29 is 19.2 Å². The first-order valence-electron chi connectivity index (χ1n) is 6.48. The first-order chi connectivity index (χ1) is 8.99. The third-order valence-corrected chi connectivity index (χ3v) is 3.36. The van der Waals surface area contributed by atoms with Gasteiger partial charge in [-0.05, 0) is 12.8 Å². The maximum atomic E-state index is 12.3. The average Bonchev–Trinajstić information content (AvgIpc) is 2.95. The van der Waals surface area contributed by atoms with Gasteiger partial charge in [0.2, 0.25) is 0 Å². The highest BCUT2D eigenvalue weighted by Crippen LogP contribution is 2.23. The number of rotatable bonds is 4. The lowest BCUT2D eigenvalue weighted by atomic mass is 10.1. The van der Waals surface area contributed by atoms with Crippen LogP contribution in [0.4, 0.5) is 0 Å². The van der Waals surface area contributed by atoms with Crippen molar-refractivity contribution >= 4 is 11.9 Å². The van der Waals surface area contributed by atoms with E-state index in [1.54, 1.807) is 11.0 Å². The summed E-state index contributed by atoms with van der Waals surface area (Å²) >= 11 is 0. The molecule has 0 radical (unpaired) electrons. The van der Waals surface area contributed by atoms with E-state index in [1.807, 2.05) is 13.8 Å². The van der Waals surface area contributed by atoms with E-state index in [0.29, 0.717) is 12.3 Å². The number of hydrogen-bond donors (Lipinski definition) is 1. The third-order valence-electron chi connectivity index (χ3n) is 3.36. The van der Waals surface area contributed by atoms with Crippen LogP contribution in [-0.2, 0) is 4.79 Å². The van der Waals surface area contributed by atoms with E-state index in [-0.39, 0.29) is 30.0 Å². The second-order valence-corrected chi connectivity index (χ2v) is 5.16. The molecule has 19 heavy (non-hydrogen) atoms. The zero-order chi connectivity index (χ0) is 14.0. The van der Waals surface area contributed by atoms with Crippen molar-refractivity contribution in [2.45, 2.75) is 45.1 Å². The van der Waals surface area contributed by atoms with Crippen LogP contribution in [0.3, 0.4) is 0 Å². The average molecular weight is 266 g/mol. The van der Waals surface area contributed by atoms with Crippen LogP contribution in [0.15, 0.2) is 10.6 Å². The number of carboxylic acid groups (broad SMARTS) is 1. The maximum absolute atomic E-state index is 12.3. The Balaban J connectivity index is 2.11. The van der Waals surface area contributed by atoms with E-state index in [1.165, 1.54) is 0 Å². The number of amides is 1. The molecule has 0 aliphatic carbocycles. The predicted octanol–water partition coefficient (Wildman–Crippen LogP) is 1.88. The molecule has 0 bridgehead atoms. The minimum atomic E-state index is -0.882. The van der Waals surface area contributed by atoms with Crippen molar-refractivity contribution in [1.29, 1.82) is 0 Å². The maximum Gasteiger partial charge on any atom is 0.305 e. The van der Waals surface area contributed by atoms with Gasteiger partial charge in [0, 0.05) is 24.6 Å². The minimum Gasteiger partial charge on any atom is -0.481 e. The summed E-state index contributed by atoms with van der Waals surface area (Å²) < 4.78 is 5.11. The zero-order valence-corrected chi connectivity index (χ0v) is 11.1. The van der Waals surface area contributed by atoms with E-state index in [9.17, 15) is 9.59 Å². The summed E-state index contributed by atoms with van der Waals surface area (Å²) in [5.74, 6) is -0.285. The summed E-state index contributed by atoms with van der Waals surface area (Å²) in [5.41, 5.74) is 0.265. The van der Waals surface area contributed by atoms with Crippen molar-refractivity contribution in [1.82, 2.24) is 10.1 Å². The van der Waals surface area contributed by atoms with Gasteiger partial charge in [-0.15, -0.1) is 0 Å². The predicted molar refractivity (Wildman–Crippen MR) is 66.9 cm³/mol. The van der Waals surface area contributed by atoms with Gasteiger partial charge in [0.1, 0.15) is 5.76 Å². The van der Waals surface area contributed by atoms with Gasteiger partial charge in [-0.1, -0.05) is 19.0 Å². The Hall–Kier alpha value is -1.85. The molecule has 2 heterocycles. The van der Waals surface area contributed by atoms with Gasteiger partial charge in [-0.3, -0.25) is 9.59 Å². The van der Waals surface area contributed by atoms with Crippen LogP contribution < -0.4 is 0 Å². The van der Waals surface area contributed by atoms with Crippen molar-refractivity contribution in [3.8, 4) is 0 Å². The standard InChI is InChI=1S/C13H18N2O4/c1-8(2)11-7-10(14-19-11)13(18)15-5-3-4-9(15)6-12(16)17/h7-9H,3-6H2,1-2H3,(H,16,17). The molecule has 0 spiro atoms. The van der Waals surface area contributed by atoms with Crippen LogP contribution in [0.2, 0.25) is 0 Å². The first-order valence-corrected chi connectivity index (χ1v) is 6.48. The van der Waals surface area contributed by atoms with Gasteiger partial charge in [0.15, 0.2) is 5.69 Å². The number of aromatic nitrogens is 1. The van der Waals surface area contributed by atoms with Gasteiger partial charge >= 0.3 is 5.97 Å². The Morgan fingerprint density at radius 2 is 2.32 bits per heavy atom. The van der Waals surface area contributed by atoms with Gasteiger partial charge < -0.3 is 14.5 Å². The Labute approximate surface area is 111 Å². The molecule has 0 aromatic carbocycles. The number of carbonyl (C=O) groups excluding carboxylic acids is 1. The van der Waals surface area contributed by atoms with Gasteiger partial charge in [-0.2, -0.15) is 0 Å². The molecular weight excluding hydrogens is 248 g/mol. The Morgan fingerprint density at radius 3 is 2.89 bits per heavy atom. The summed E-state index contributed by atoms with van der Waals surface area (Å²) in [6.07, 6.45) is 1.55. The van der Waals surface area contributed by atoms with Crippen LogP contribution in [0.5, 0.6) is 0 Å². The number of likely N-dealkylation sites (tertiary alicyclic amines) is 1. The van der Waals surface area contributed by atoms with E-state index in [2.05, 4.69) is 5.16 Å². The molecule has 104 valence electrons. The number of carboxylic acids is 1. The SMILES string of the molecule is CC(C)c1cc(C(=O)N2CCCC2CC(=O)O)no1. The Morgan fingerprint density at radius 1 is 1.58 bits per heavy atom. The highest BCUT2D eigenvalue weighted by molar-refractivity contribution is 5.93. The normalized spacial score (nSPS) is 19.1. The molecule has 6 nitrogen and oxygen atoms in total. The Kier molecular flexibility index (Phi) is 3.87. The van der Waals surface area contributed by atoms with E-state index in [0.717, 1.165) is 12.8 Å². The molecule has 1 aliphatic rings. The Bertz CT molecular complexity index is 481. The van der Waals surface area contributed by atoms with E-state index >= 15 is 0 Å². The van der Waals surface area contributed by atoms with E-state index in [4.69, 9.17) is 9.63 Å². The molecule has 1 amide bonds. The van der Waals surface area contributed by atoms with Crippen molar-refractivity contribution in [2.24, 2.45) is 0 Å². The molecule has 1 aromatic heterocycles. The van der Waals surface area contributed by atoms with Gasteiger partial charge in [0.25, 0.3) is 5.91 Å². The molecule has 6 heteroatoms. The lowest BCUT2D eigenvalue weighted by molar-refractivity contribution is -0.137. The lowest BCUT2D eigenvalue weighted by Crippen LogP contribution is -2.37. The second kappa shape index (κ2) is 5.42. The largest absolute Gasteiger partial charge is 0.481 e. The molecule has 1 atom stereocenters. The summed E-state index contributed by atoms with van der Waals surface area (Å²) in [7, 11) is 0. The van der Waals surface area contributed by atoms with Crippen LogP contribution in [0.1, 0.15) is 55.3 Å². The monoisotopic (exact) mass is 266 g/mol. The quantitative estimate of drug-likeness (QED) is 0.899. The fourth-order valence-electron chi connectivity index (χ4n) is 2.33. The van der Waals surface area contributed by atoms with Gasteiger partial charge in [0.05, 0.1) is 6.42 Å². The van der Waals surface area contributed by atoms with Crippen LogP contribution in [-0.4, -0.2) is 39.6 Å². The molecule has 1 N–H and O–H groups in total. The summed E-state index contributed by atoms with van der Waals surface area (Å²) in [6, 6.07) is 1.41. The molecule has 0 saturated carbocycles. The second-order valence-electron chi connectivity index (χ2n) is 5.16. The highest BCUT2D eigenvalue weighted by Gasteiger charge is 2.32. The molecule has 2 rings (SSSR count). The van der Waals surface area contributed by atoms with Crippen LogP contribution >= 0.6 is 0 Å². The van der Waals surface area contributed by atoms with Crippen molar-refractivity contribution in [3.63, 3.8) is 0 Å². The third kappa shape index (κ3) is 2.94. The van der Waals surface area contributed by atoms with Crippen molar-refractivity contribution in [2.75, 3.05) is 6.54 Å². The van der Waals surface area contributed by atoms with Gasteiger partial charge in [-0.25, -0.2) is 0 Å². The lowest BCUT2D eigenvalue weighted by Gasteiger charge is -2.22. The van der Waals surface area contributed by atoms with Crippen molar-refractivity contribution in [3.05, 3.63) is 17.5 Å². The summed E-state index contributed by atoms with van der Waals surface area (Å²) in [4.78, 5) is 24.7. The topological polar surface area (TPSA) is 83.6 Å². The molecule has 1 fully saturated rings. The summed E-state index contributed by atoms with van der Waals surface area (Å²) in [5, 5.41) is 12.6.